The first-order valence-electron chi connectivity index (χ1n) is 8.58. The molecule has 2 heteroatoms. The van der Waals surface area contributed by atoms with Crippen LogP contribution in [0, 0.1) is 29.1 Å². The molecule has 4 unspecified atom stereocenters. The van der Waals surface area contributed by atoms with E-state index in [1.165, 1.54) is 38.5 Å². The number of hydrogen-bond donors (Lipinski definition) is 0. The van der Waals surface area contributed by atoms with Crippen LogP contribution in [-0.2, 0) is 9.47 Å². The van der Waals surface area contributed by atoms with Gasteiger partial charge in [0.1, 0.15) is 0 Å². The van der Waals surface area contributed by atoms with Gasteiger partial charge in [-0.2, -0.15) is 0 Å². The van der Waals surface area contributed by atoms with Crippen LogP contribution in [0.4, 0.5) is 0 Å². The summed E-state index contributed by atoms with van der Waals surface area (Å²) < 4.78 is 11.5. The summed E-state index contributed by atoms with van der Waals surface area (Å²) in [5, 5.41) is 0. The fraction of sp³-hybridized carbons (Fsp3) is 1.00. The van der Waals surface area contributed by atoms with E-state index in [4.69, 9.17) is 9.47 Å². The molecular formula is C18H34O2. The van der Waals surface area contributed by atoms with Crippen LogP contribution < -0.4 is 0 Å². The van der Waals surface area contributed by atoms with Gasteiger partial charge < -0.3 is 9.47 Å². The van der Waals surface area contributed by atoms with Crippen molar-refractivity contribution in [2.75, 3.05) is 20.8 Å². The Morgan fingerprint density at radius 1 is 1.15 bits per heavy atom. The lowest BCUT2D eigenvalue weighted by molar-refractivity contribution is -0.0704. The van der Waals surface area contributed by atoms with E-state index in [2.05, 4.69) is 20.8 Å². The zero-order valence-corrected chi connectivity index (χ0v) is 14.2. The molecule has 2 fully saturated rings. The van der Waals surface area contributed by atoms with Crippen molar-refractivity contribution in [1.82, 2.24) is 0 Å². The van der Waals surface area contributed by atoms with Crippen molar-refractivity contribution in [2.24, 2.45) is 29.1 Å². The van der Waals surface area contributed by atoms with E-state index in [0.29, 0.717) is 17.4 Å². The molecule has 2 nitrogen and oxygen atoms in total. The lowest BCUT2D eigenvalue weighted by Gasteiger charge is -2.42. The Morgan fingerprint density at radius 3 is 2.20 bits per heavy atom. The van der Waals surface area contributed by atoms with E-state index < -0.39 is 0 Å². The Bertz CT molecular complexity index is 296. The SMILES string of the molecule is CCC(C)(C1CC1)C(OC)C(CC(C)COC)C1CC1. The van der Waals surface area contributed by atoms with Crippen LogP contribution in [0.1, 0.15) is 59.3 Å². The van der Waals surface area contributed by atoms with Crippen molar-refractivity contribution in [3.05, 3.63) is 0 Å². The topological polar surface area (TPSA) is 18.5 Å². The predicted octanol–water partition coefficient (Wildman–Crippen LogP) is 4.53. The maximum Gasteiger partial charge on any atom is 0.0658 e. The second-order valence-corrected chi connectivity index (χ2v) is 7.59. The van der Waals surface area contributed by atoms with Gasteiger partial charge in [0.2, 0.25) is 0 Å². The Labute approximate surface area is 125 Å². The van der Waals surface area contributed by atoms with Gasteiger partial charge >= 0.3 is 0 Å². The van der Waals surface area contributed by atoms with Crippen LogP contribution in [0.15, 0.2) is 0 Å². The highest BCUT2D eigenvalue weighted by Gasteiger charge is 2.51. The van der Waals surface area contributed by atoms with E-state index in [1.54, 1.807) is 0 Å². The molecule has 0 aromatic heterocycles. The molecule has 0 aromatic carbocycles. The molecule has 4 atom stereocenters. The molecule has 0 saturated heterocycles. The van der Waals surface area contributed by atoms with E-state index in [-0.39, 0.29) is 0 Å². The molecule has 0 spiro atoms. The van der Waals surface area contributed by atoms with Crippen molar-refractivity contribution in [3.8, 4) is 0 Å². The Kier molecular flexibility index (Phi) is 5.53. The van der Waals surface area contributed by atoms with Gasteiger partial charge in [-0.1, -0.05) is 20.8 Å². The van der Waals surface area contributed by atoms with Crippen molar-refractivity contribution in [2.45, 2.75) is 65.4 Å². The van der Waals surface area contributed by atoms with Gasteiger partial charge in [0.25, 0.3) is 0 Å². The number of rotatable bonds is 10. The average molecular weight is 282 g/mol. The standard InChI is InChI=1S/C18H34O2/c1-6-18(3,15-9-10-15)17(20-5)16(14-7-8-14)11-13(2)12-19-4/h13-17H,6-12H2,1-5H3. The molecule has 0 heterocycles. The first-order valence-corrected chi connectivity index (χ1v) is 8.58. The maximum absolute atomic E-state index is 6.11. The highest BCUT2D eigenvalue weighted by Crippen LogP contribution is 2.55. The summed E-state index contributed by atoms with van der Waals surface area (Å²) in [5.41, 5.74) is 0.384. The Morgan fingerprint density at radius 2 is 1.80 bits per heavy atom. The maximum atomic E-state index is 6.11. The normalized spacial score (nSPS) is 26.9. The van der Waals surface area contributed by atoms with Crippen molar-refractivity contribution in [3.63, 3.8) is 0 Å². The minimum atomic E-state index is 0.384. The summed E-state index contributed by atoms with van der Waals surface area (Å²) in [6, 6.07) is 0. The number of methoxy groups -OCH3 is 2. The lowest BCUT2D eigenvalue weighted by Crippen LogP contribution is -2.42. The second kappa shape index (κ2) is 6.79. The van der Waals surface area contributed by atoms with Crippen molar-refractivity contribution >= 4 is 0 Å². The molecule has 2 aliphatic rings. The van der Waals surface area contributed by atoms with Gasteiger partial charge in [0.05, 0.1) is 6.10 Å². The quantitative estimate of drug-likeness (QED) is 0.586. The molecule has 0 radical (unpaired) electrons. The highest BCUT2D eigenvalue weighted by molar-refractivity contribution is 5.01. The van der Waals surface area contributed by atoms with Gasteiger partial charge in [-0.25, -0.2) is 0 Å². The zero-order chi connectivity index (χ0) is 14.8. The average Bonchev–Trinajstić information content (AvgIpc) is 3.31. The molecule has 0 aromatic rings. The molecule has 2 rings (SSSR count). The van der Waals surface area contributed by atoms with Gasteiger partial charge in [-0.3, -0.25) is 0 Å². The fourth-order valence-electron chi connectivity index (χ4n) is 4.30. The van der Waals surface area contributed by atoms with Crippen LogP contribution in [-0.4, -0.2) is 26.9 Å². The fourth-order valence-corrected chi connectivity index (χ4v) is 4.30. The summed E-state index contributed by atoms with van der Waals surface area (Å²) in [6.07, 6.45) is 8.59. The van der Waals surface area contributed by atoms with Gasteiger partial charge in [-0.05, 0) is 67.6 Å². The van der Waals surface area contributed by atoms with Gasteiger partial charge in [0, 0.05) is 20.8 Å². The molecule has 118 valence electrons. The largest absolute Gasteiger partial charge is 0.384 e. The van der Waals surface area contributed by atoms with E-state index in [1.807, 2.05) is 14.2 Å². The summed E-state index contributed by atoms with van der Waals surface area (Å²) >= 11 is 0. The number of ether oxygens (including phenoxy) is 2. The third-order valence-electron chi connectivity index (χ3n) is 5.92. The molecular weight excluding hydrogens is 248 g/mol. The predicted molar refractivity (Wildman–Crippen MR) is 83.8 cm³/mol. The van der Waals surface area contributed by atoms with Crippen molar-refractivity contribution in [1.29, 1.82) is 0 Å². The van der Waals surface area contributed by atoms with Crippen LogP contribution >= 0.6 is 0 Å². The first kappa shape index (κ1) is 16.3. The van der Waals surface area contributed by atoms with Crippen molar-refractivity contribution < 1.29 is 9.47 Å². The molecule has 0 N–H and O–H groups in total. The molecule has 0 aliphatic heterocycles. The van der Waals surface area contributed by atoms with Crippen LogP contribution in [0.2, 0.25) is 0 Å². The molecule has 0 amide bonds. The van der Waals surface area contributed by atoms with Crippen LogP contribution in [0.3, 0.4) is 0 Å². The summed E-state index contributed by atoms with van der Waals surface area (Å²) in [5.74, 6) is 3.18. The third kappa shape index (κ3) is 3.57. The minimum absolute atomic E-state index is 0.384. The zero-order valence-electron chi connectivity index (χ0n) is 14.2. The summed E-state index contributed by atoms with van der Waals surface area (Å²) in [7, 11) is 3.76. The molecule has 2 aliphatic carbocycles. The van der Waals surface area contributed by atoms with E-state index in [0.717, 1.165) is 24.4 Å². The number of hydrogen-bond acceptors (Lipinski definition) is 2. The summed E-state index contributed by atoms with van der Waals surface area (Å²) in [6.45, 7) is 8.04. The molecule has 2 saturated carbocycles. The van der Waals surface area contributed by atoms with Gasteiger partial charge in [-0.15, -0.1) is 0 Å². The Hall–Kier alpha value is -0.0800. The molecule has 0 bridgehead atoms. The second-order valence-electron chi connectivity index (χ2n) is 7.59. The third-order valence-corrected chi connectivity index (χ3v) is 5.92. The highest BCUT2D eigenvalue weighted by atomic mass is 16.5. The van der Waals surface area contributed by atoms with Crippen LogP contribution in [0.5, 0.6) is 0 Å². The molecule has 20 heavy (non-hydrogen) atoms. The van der Waals surface area contributed by atoms with E-state index >= 15 is 0 Å². The first-order chi connectivity index (χ1) is 9.56. The Balaban J connectivity index is 2.08. The minimum Gasteiger partial charge on any atom is -0.384 e. The van der Waals surface area contributed by atoms with Crippen LogP contribution in [0.25, 0.3) is 0 Å². The van der Waals surface area contributed by atoms with Gasteiger partial charge in [0.15, 0.2) is 0 Å². The smallest absolute Gasteiger partial charge is 0.0658 e. The summed E-state index contributed by atoms with van der Waals surface area (Å²) in [4.78, 5) is 0. The lowest BCUT2D eigenvalue weighted by atomic mass is 9.69. The monoisotopic (exact) mass is 282 g/mol. The van der Waals surface area contributed by atoms with E-state index in [9.17, 15) is 0 Å².